The quantitative estimate of drug-likeness (QED) is 0.777. The molecular formula is C17H22N2O4. The highest BCUT2D eigenvalue weighted by Crippen LogP contribution is 2.36. The first-order valence-corrected chi connectivity index (χ1v) is 8.00. The van der Waals surface area contributed by atoms with Gasteiger partial charge in [-0.25, -0.2) is 4.79 Å². The molecule has 1 amide bonds. The molecular weight excluding hydrogens is 296 g/mol. The summed E-state index contributed by atoms with van der Waals surface area (Å²) in [5.41, 5.74) is 1.45. The van der Waals surface area contributed by atoms with Crippen LogP contribution in [0.1, 0.15) is 42.2 Å². The molecule has 0 aliphatic carbocycles. The van der Waals surface area contributed by atoms with Gasteiger partial charge in [0.25, 0.3) is 5.91 Å². The fraction of sp³-hybridized carbons (Fsp3) is 0.588. The minimum Gasteiger partial charge on any atom is -0.467 e. The summed E-state index contributed by atoms with van der Waals surface area (Å²) >= 11 is 0. The minimum atomic E-state index is -0.577. The maximum Gasteiger partial charge on any atom is 0.335 e. The van der Waals surface area contributed by atoms with E-state index >= 15 is 0 Å². The van der Waals surface area contributed by atoms with E-state index in [-0.39, 0.29) is 30.1 Å². The van der Waals surface area contributed by atoms with Gasteiger partial charge < -0.3 is 14.4 Å². The van der Waals surface area contributed by atoms with E-state index in [0.29, 0.717) is 12.0 Å². The number of likely N-dealkylation sites (tertiary alicyclic amines) is 1. The number of ether oxygens (including phenoxy) is 2. The first kappa shape index (κ1) is 15.9. The summed E-state index contributed by atoms with van der Waals surface area (Å²) < 4.78 is 10.6. The molecule has 0 bridgehead atoms. The van der Waals surface area contributed by atoms with Crippen molar-refractivity contribution in [1.82, 2.24) is 9.88 Å². The molecule has 1 aromatic rings. The monoisotopic (exact) mass is 318 g/mol. The number of hydrogen-bond acceptors (Lipinski definition) is 5. The number of carbonyl (C=O) groups is 2. The van der Waals surface area contributed by atoms with Gasteiger partial charge in [0.05, 0.1) is 24.8 Å². The highest BCUT2D eigenvalue weighted by atomic mass is 16.6. The van der Waals surface area contributed by atoms with E-state index in [0.717, 1.165) is 18.5 Å². The zero-order valence-corrected chi connectivity index (χ0v) is 13.7. The molecule has 6 heteroatoms. The lowest BCUT2D eigenvalue weighted by molar-refractivity contribution is -0.153. The second-order valence-electron chi connectivity index (χ2n) is 6.32. The van der Waals surface area contributed by atoms with Crippen LogP contribution in [0.2, 0.25) is 0 Å². The lowest BCUT2D eigenvalue weighted by Crippen LogP contribution is -2.53. The third-order valence-electron chi connectivity index (χ3n) is 4.78. The topological polar surface area (TPSA) is 68.7 Å². The van der Waals surface area contributed by atoms with Crippen molar-refractivity contribution in [3.05, 3.63) is 29.6 Å². The predicted molar refractivity (Wildman–Crippen MR) is 82.9 cm³/mol. The molecule has 0 spiro atoms. The average Bonchev–Trinajstić information content (AvgIpc) is 2.98. The van der Waals surface area contributed by atoms with Crippen molar-refractivity contribution in [3.8, 4) is 0 Å². The molecule has 3 rings (SSSR count). The van der Waals surface area contributed by atoms with E-state index in [2.05, 4.69) is 4.98 Å². The number of carbonyl (C=O) groups excluding carboxylic acids is 2. The van der Waals surface area contributed by atoms with Gasteiger partial charge in [0.2, 0.25) is 0 Å². The van der Waals surface area contributed by atoms with Crippen LogP contribution in [0, 0.1) is 6.92 Å². The van der Waals surface area contributed by atoms with Gasteiger partial charge in [-0.05, 0) is 38.8 Å². The summed E-state index contributed by atoms with van der Waals surface area (Å²) in [6.45, 7) is 3.93. The Morgan fingerprint density at radius 2 is 2.13 bits per heavy atom. The standard InChI is InChI=1S/C17H22N2O4/c1-10-4-6-12(9-18-10)16(20)19-11(2)5-7-14-13(19)8-15(23-14)17(21)22-3/h4,6,9,11,13-15H,5,7-8H2,1-3H3/t11-,13-,14-,15+/m1/s1. The Labute approximate surface area is 135 Å². The number of rotatable bonds is 2. The molecule has 3 heterocycles. The van der Waals surface area contributed by atoms with Crippen LogP contribution >= 0.6 is 0 Å². The maximum atomic E-state index is 12.9. The molecule has 23 heavy (non-hydrogen) atoms. The van der Waals surface area contributed by atoms with Gasteiger partial charge in [0.15, 0.2) is 6.10 Å². The van der Waals surface area contributed by atoms with Crippen molar-refractivity contribution in [2.24, 2.45) is 0 Å². The minimum absolute atomic E-state index is 0.0474. The third-order valence-corrected chi connectivity index (χ3v) is 4.78. The first-order chi connectivity index (χ1) is 11.0. The van der Waals surface area contributed by atoms with E-state index < -0.39 is 6.10 Å². The van der Waals surface area contributed by atoms with Gasteiger partial charge in [-0.3, -0.25) is 9.78 Å². The van der Waals surface area contributed by atoms with Crippen LogP contribution in [0.15, 0.2) is 18.3 Å². The van der Waals surface area contributed by atoms with Crippen LogP contribution in [0.5, 0.6) is 0 Å². The van der Waals surface area contributed by atoms with Crippen molar-refractivity contribution < 1.29 is 19.1 Å². The number of hydrogen-bond donors (Lipinski definition) is 0. The van der Waals surface area contributed by atoms with Gasteiger partial charge in [-0.1, -0.05) is 0 Å². The van der Waals surface area contributed by atoms with E-state index in [1.165, 1.54) is 7.11 Å². The smallest absolute Gasteiger partial charge is 0.335 e. The number of pyridine rings is 1. The summed E-state index contributed by atoms with van der Waals surface area (Å²) in [6, 6.07) is 3.66. The molecule has 124 valence electrons. The Morgan fingerprint density at radius 3 is 2.78 bits per heavy atom. The summed E-state index contributed by atoms with van der Waals surface area (Å²) in [7, 11) is 1.36. The largest absolute Gasteiger partial charge is 0.467 e. The number of nitrogens with zero attached hydrogens (tertiary/aromatic N) is 2. The Hall–Kier alpha value is -1.95. The number of fused-ring (bicyclic) bond motifs is 1. The van der Waals surface area contributed by atoms with Gasteiger partial charge >= 0.3 is 5.97 Å². The number of esters is 1. The van der Waals surface area contributed by atoms with E-state index in [1.54, 1.807) is 12.3 Å². The van der Waals surface area contributed by atoms with Crippen molar-refractivity contribution in [2.75, 3.05) is 7.11 Å². The lowest BCUT2D eigenvalue weighted by Gasteiger charge is -2.41. The Kier molecular flexibility index (Phi) is 4.35. The number of piperidine rings is 1. The molecule has 0 N–H and O–H groups in total. The normalized spacial score (nSPS) is 30.0. The molecule has 2 saturated heterocycles. The fourth-order valence-corrected chi connectivity index (χ4v) is 3.53. The van der Waals surface area contributed by atoms with Crippen molar-refractivity contribution in [3.63, 3.8) is 0 Å². The summed E-state index contributed by atoms with van der Waals surface area (Å²) in [5.74, 6) is -0.412. The molecule has 6 nitrogen and oxygen atoms in total. The molecule has 1 aromatic heterocycles. The second kappa shape index (κ2) is 6.28. The number of aryl methyl sites for hydroxylation is 1. The third kappa shape index (κ3) is 2.95. The van der Waals surface area contributed by atoms with E-state index in [4.69, 9.17) is 9.47 Å². The first-order valence-electron chi connectivity index (χ1n) is 8.00. The maximum absolute atomic E-state index is 12.9. The fourth-order valence-electron chi connectivity index (χ4n) is 3.53. The summed E-state index contributed by atoms with van der Waals surface area (Å²) in [5, 5.41) is 0. The molecule has 0 radical (unpaired) electrons. The van der Waals surface area contributed by atoms with E-state index in [9.17, 15) is 9.59 Å². The molecule has 2 aliphatic heterocycles. The van der Waals surface area contributed by atoms with E-state index in [1.807, 2.05) is 24.8 Å². The van der Waals surface area contributed by atoms with Gasteiger partial charge in [0, 0.05) is 24.4 Å². The Balaban J connectivity index is 1.83. The zero-order chi connectivity index (χ0) is 16.6. The Bertz CT molecular complexity index is 601. The van der Waals surface area contributed by atoms with Crippen LogP contribution in [0.4, 0.5) is 0 Å². The average molecular weight is 318 g/mol. The molecule has 4 atom stereocenters. The summed E-state index contributed by atoms with van der Waals surface area (Å²) in [6.07, 6.45) is 3.15. The van der Waals surface area contributed by atoms with Crippen molar-refractivity contribution in [1.29, 1.82) is 0 Å². The predicted octanol–water partition coefficient (Wildman–Crippen LogP) is 1.71. The van der Waals surface area contributed by atoms with Crippen LogP contribution in [0.3, 0.4) is 0 Å². The van der Waals surface area contributed by atoms with Crippen LogP contribution < -0.4 is 0 Å². The molecule has 2 aliphatic rings. The van der Waals surface area contributed by atoms with Crippen molar-refractivity contribution in [2.45, 2.75) is 57.4 Å². The SMILES string of the molecule is COC(=O)[C@@H]1C[C@@H]2[C@@H](CC[C@@H](C)N2C(=O)c2ccc(C)nc2)O1. The number of methoxy groups -OCH3 is 1. The highest BCUT2D eigenvalue weighted by Gasteiger charge is 2.47. The lowest BCUT2D eigenvalue weighted by atomic mass is 9.92. The second-order valence-corrected chi connectivity index (χ2v) is 6.32. The van der Waals surface area contributed by atoms with Crippen LogP contribution in [-0.2, 0) is 14.3 Å². The summed E-state index contributed by atoms with van der Waals surface area (Å²) in [4.78, 5) is 30.8. The molecule has 2 fully saturated rings. The van der Waals surface area contributed by atoms with Crippen LogP contribution in [0.25, 0.3) is 0 Å². The highest BCUT2D eigenvalue weighted by molar-refractivity contribution is 5.94. The molecule has 0 unspecified atom stereocenters. The number of aromatic nitrogens is 1. The van der Waals surface area contributed by atoms with Crippen molar-refractivity contribution >= 4 is 11.9 Å². The van der Waals surface area contributed by atoms with Gasteiger partial charge in [-0.2, -0.15) is 0 Å². The van der Waals surface area contributed by atoms with Gasteiger partial charge in [0.1, 0.15) is 0 Å². The zero-order valence-electron chi connectivity index (χ0n) is 13.7. The molecule has 0 aromatic carbocycles. The van der Waals surface area contributed by atoms with Crippen LogP contribution in [-0.4, -0.2) is 53.2 Å². The Morgan fingerprint density at radius 1 is 1.35 bits per heavy atom. The number of amides is 1. The molecule has 0 saturated carbocycles. The van der Waals surface area contributed by atoms with Gasteiger partial charge in [-0.15, -0.1) is 0 Å².